The number of benzene rings is 1. The summed E-state index contributed by atoms with van der Waals surface area (Å²) in [6.07, 6.45) is 7.20. The first-order chi connectivity index (χ1) is 11.8. The van der Waals surface area contributed by atoms with Gasteiger partial charge in [0, 0.05) is 29.9 Å². The van der Waals surface area contributed by atoms with Crippen LogP contribution in [-0.4, -0.2) is 53.5 Å². The fraction of sp³-hybridized carbons (Fsp3) is 0.474. The SMILES string of the molecule is CSC[C@@H]1CCCN1CC(=O)NCCc1cccc2cccnc12. The summed E-state index contributed by atoms with van der Waals surface area (Å²) >= 11 is 1.87. The summed E-state index contributed by atoms with van der Waals surface area (Å²) in [4.78, 5) is 19.0. The number of likely N-dealkylation sites (tertiary alicyclic amines) is 1. The van der Waals surface area contributed by atoms with Crippen molar-refractivity contribution in [2.75, 3.05) is 31.6 Å². The molecule has 1 fully saturated rings. The van der Waals surface area contributed by atoms with Crippen molar-refractivity contribution in [3.63, 3.8) is 0 Å². The first-order valence-electron chi connectivity index (χ1n) is 8.60. The van der Waals surface area contributed by atoms with Crippen molar-refractivity contribution < 1.29 is 4.79 Å². The molecule has 4 nitrogen and oxygen atoms in total. The van der Waals surface area contributed by atoms with E-state index in [0.29, 0.717) is 19.1 Å². The third-order valence-corrected chi connectivity index (χ3v) is 5.36. The highest BCUT2D eigenvalue weighted by Crippen LogP contribution is 2.19. The maximum Gasteiger partial charge on any atom is 0.234 e. The third kappa shape index (κ3) is 4.28. The summed E-state index contributed by atoms with van der Waals surface area (Å²) in [7, 11) is 0. The third-order valence-electron chi connectivity index (χ3n) is 4.64. The summed E-state index contributed by atoms with van der Waals surface area (Å²) in [5.74, 6) is 1.26. The average Bonchev–Trinajstić information content (AvgIpc) is 3.02. The van der Waals surface area contributed by atoms with E-state index in [2.05, 4.69) is 45.7 Å². The number of pyridine rings is 1. The summed E-state index contributed by atoms with van der Waals surface area (Å²) in [6, 6.07) is 10.8. The highest BCUT2D eigenvalue weighted by atomic mass is 32.2. The number of nitrogens with zero attached hydrogens (tertiary/aromatic N) is 2. The van der Waals surface area contributed by atoms with Crippen LogP contribution in [0.5, 0.6) is 0 Å². The van der Waals surface area contributed by atoms with Crippen molar-refractivity contribution in [1.29, 1.82) is 0 Å². The summed E-state index contributed by atoms with van der Waals surface area (Å²) in [6.45, 7) is 2.24. The zero-order valence-electron chi connectivity index (χ0n) is 14.2. The van der Waals surface area contributed by atoms with Crippen LogP contribution in [0.1, 0.15) is 18.4 Å². The van der Waals surface area contributed by atoms with Gasteiger partial charge in [-0.1, -0.05) is 24.3 Å². The van der Waals surface area contributed by atoms with Gasteiger partial charge in [0.05, 0.1) is 12.1 Å². The Hall–Kier alpha value is -1.59. The number of rotatable bonds is 7. The van der Waals surface area contributed by atoms with Gasteiger partial charge in [0.15, 0.2) is 0 Å². The van der Waals surface area contributed by atoms with E-state index in [1.807, 2.05) is 24.0 Å². The van der Waals surface area contributed by atoms with Crippen molar-refractivity contribution in [2.24, 2.45) is 0 Å². The van der Waals surface area contributed by atoms with E-state index in [1.165, 1.54) is 18.4 Å². The standard InChI is InChI=1S/C19H25N3OS/c1-24-14-17-8-4-12-22(17)13-18(23)20-11-9-16-6-2-5-15-7-3-10-21-19(15)16/h2-3,5-7,10,17H,4,8-9,11-14H2,1H3,(H,20,23)/t17-/m0/s1. The Morgan fingerprint density at radius 3 is 3.12 bits per heavy atom. The second-order valence-corrected chi connectivity index (χ2v) is 7.22. The quantitative estimate of drug-likeness (QED) is 0.840. The maximum atomic E-state index is 12.2. The fourth-order valence-corrected chi connectivity index (χ4v) is 4.19. The number of thioether (sulfide) groups is 1. The van der Waals surface area contributed by atoms with E-state index in [-0.39, 0.29) is 5.91 Å². The maximum absolute atomic E-state index is 12.2. The Morgan fingerprint density at radius 1 is 1.38 bits per heavy atom. The van der Waals surface area contributed by atoms with Crippen LogP contribution in [0.25, 0.3) is 10.9 Å². The highest BCUT2D eigenvalue weighted by molar-refractivity contribution is 7.98. The van der Waals surface area contributed by atoms with E-state index >= 15 is 0 Å². The lowest BCUT2D eigenvalue weighted by Gasteiger charge is -2.23. The molecule has 1 N–H and O–H groups in total. The van der Waals surface area contributed by atoms with Crippen molar-refractivity contribution >= 4 is 28.6 Å². The Morgan fingerprint density at radius 2 is 2.25 bits per heavy atom. The molecule has 3 rings (SSSR count). The lowest BCUT2D eigenvalue weighted by atomic mass is 10.1. The van der Waals surface area contributed by atoms with Crippen LogP contribution in [0.4, 0.5) is 0 Å². The summed E-state index contributed by atoms with van der Waals surface area (Å²) < 4.78 is 0. The Kier molecular flexibility index (Phi) is 6.10. The molecule has 1 saturated heterocycles. The highest BCUT2D eigenvalue weighted by Gasteiger charge is 2.25. The number of fused-ring (bicyclic) bond motifs is 1. The molecule has 1 aliphatic heterocycles. The second-order valence-electron chi connectivity index (χ2n) is 6.31. The fourth-order valence-electron chi connectivity index (χ4n) is 3.43. The van der Waals surface area contributed by atoms with E-state index < -0.39 is 0 Å². The van der Waals surface area contributed by atoms with Gasteiger partial charge in [-0.15, -0.1) is 0 Å². The van der Waals surface area contributed by atoms with Gasteiger partial charge in [0.1, 0.15) is 0 Å². The van der Waals surface area contributed by atoms with Gasteiger partial charge >= 0.3 is 0 Å². The first-order valence-corrected chi connectivity index (χ1v) is 9.99. The van der Waals surface area contributed by atoms with E-state index in [4.69, 9.17) is 0 Å². The minimum absolute atomic E-state index is 0.135. The van der Waals surface area contributed by atoms with Gasteiger partial charge in [0.25, 0.3) is 0 Å². The van der Waals surface area contributed by atoms with E-state index in [9.17, 15) is 4.79 Å². The van der Waals surface area contributed by atoms with Gasteiger partial charge < -0.3 is 5.32 Å². The van der Waals surface area contributed by atoms with Crippen LogP contribution in [0.2, 0.25) is 0 Å². The predicted octanol–water partition coefficient (Wildman–Crippen LogP) is 2.72. The van der Waals surface area contributed by atoms with Crippen LogP contribution in [-0.2, 0) is 11.2 Å². The smallest absolute Gasteiger partial charge is 0.234 e. The molecular weight excluding hydrogens is 318 g/mol. The molecular formula is C19H25N3OS. The molecule has 128 valence electrons. The van der Waals surface area contributed by atoms with Gasteiger partial charge in [-0.25, -0.2) is 0 Å². The van der Waals surface area contributed by atoms with Crippen molar-refractivity contribution in [2.45, 2.75) is 25.3 Å². The summed E-state index contributed by atoms with van der Waals surface area (Å²) in [5.41, 5.74) is 2.23. The number of nitrogens with one attached hydrogen (secondary N) is 1. The van der Waals surface area contributed by atoms with Gasteiger partial charge in [0.2, 0.25) is 5.91 Å². The average molecular weight is 343 g/mol. The molecule has 2 heterocycles. The van der Waals surface area contributed by atoms with Gasteiger partial charge in [-0.3, -0.25) is 14.7 Å². The molecule has 0 spiro atoms. The van der Waals surface area contributed by atoms with Crippen LogP contribution >= 0.6 is 11.8 Å². The van der Waals surface area contributed by atoms with Gasteiger partial charge in [-0.05, 0) is 43.7 Å². The zero-order chi connectivity index (χ0) is 16.8. The first kappa shape index (κ1) is 17.2. The van der Waals surface area contributed by atoms with Crippen molar-refractivity contribution in [1.82, 2.24) is 15.2 Å². The number of hydrogen-bond donors (Lipinski definition) is 1. The lowest BCUT2D eigenvalue weighted by molar-refractivity contribution is -0.122. The zero-order valence-corrected chi connectivity index (χ0v) is 15.0. The number of amides is 1. The molecule has 5 heteroatoms. The molecule has 2 aromatic rings. The number of aromatic nitrogens is 1. The molecule has 1 atom stereocenters. The van der Waals surface area contributed by atoms with Crippen LogP contribution in [0, 0.1) is 0 Å². The monoisotopic (exact) mass is 343 g/mol. The largest absolute Gasteiger partial charge is 0.355 e. The molecule has 0 aliphatic carbocycles. The number of carbonyl (C=O) groups excluding carboxylic acids is 1. The normalized spacial score (nSPS) is 18.1. The molecule has 1 aromatic carbocycles. The number of hydrogen-bond acceptors (Lipinski definition) is 4. The van der Waals surface area contributed by atoms with Crippen LogP contribution in [0.3, 0.4) is 0 Å². The molecule has 0 unspecified atom stereocenters. The van der Waals surface area contributed by atoms with Crippen molar-refractivity contribution in [3.05, 3.63) is 42.1 Å². The number of carbonyl (C=O) groups is 1. The molecule has 24 heavy (non-hydrogen) atoms. The molecule has 0 radical (unpaired) electrons. The predicted molar refractivity (Wildman–Crippen MR) is 101 cm³/mol. The minimum atomic E-state index is 0.135. The Bertz CT molecular complexity index is 686. The Balaban J connectivity index is 1.50. The van der Waals surface area contributed by atoms with Crippen LogP contribution < -0.4 is 5.32 Å². The van der Waals surface area contributed by atoms with Crippen molar-refractivity contribution in [3.8, 4) is 0 Å². The minimum Gasteiger partial charge on any atom is -0.355 e. The molecule has 1 amide bonds. The molecule has 1 aromatic heterocycles. The Labute approximate surface area is 148 Å². The summed E-state index contributed by atoms with van der Waals surface area (Å²) in [5, 5.41) is 4.22. The topological polar surface area (TPSA) is 45.2 Å². The second kappa shape index (κ2) is 8.49. The van der Waals surface area contributed by atoms with E-state index in [0.717, 1.165) is 29.6 Å². The van der Waals surface area contributed by atoms with Gasteiger partial charge in [-0.2, -0.15) is 11.8 Å². The molecule has 1 aliphatic rings. The number of para-hydroxylation sites is 1. The molecule has 0 bridgehead atoms. The molecule has 0 saturated carbocycles. The van der Waals surface area contributed by atoms with E-state index in [1.54, 1.807) is 0 Å². The lowest BCUT2D eigenvalue weighted by Crippen LogP contribution is -2.41. The van der Waals surface area contributed by atoms with Crippen LogP contribution in [0.15, 0.2) is 36.5 Å².